The summed E-state index contributed by atoms with van der Waals surface area (Å²) in [6, 6.07) is 17.4. The fourth-order valence-corrected chi connectivity index (χ4v) is 5.80. The van der Waals surface area contributed by atoms with Gasteiger partial charge in [0.15, 0.2) is 0 Å². The molecule has 0 aliphatic heterocycles. The number of amides is 2. The van der Waals surface area contributed by atoms with Crippen molar-refractivity contribution in [1.82, 2.24) is 10.2 Å². The van der Waals surface area contributed by atoms with Gasteiger partial charge in [-0.05, 0) is 67.3 Å². The number of anilines is 1. The van der Waals surface area contributed by atoms with E-state index in [9.17, 15) is 22.4 Å². The molecule has 7 nitrogen and oxygen atoms in total. The van der Waals surface area contributed by atoms with Gasteiger partial charge >= 0.3 is 0 Å². The van der Waals surface area contributed by atoms with Gasteiger partial charge in [-0.2, -0.15) is 0 Å². The number of carbonyl (C=O) groups excluding carboxylic acids is 2. The summed E-state index contributed by atoms with van der Waals surface area (Å²) in [6.45, 7) is 5.46. The number of unbranched alkanes of at least 4 members (excludes halogenated alkanes) is 1. The lowest BCUT2D eigenvalue weighted by Gasteiger charge is -2.33. The normalized spacial score (nSPS) is 12.0. The first-order valence-corrected chi connectivity index (χ1v) is 15.1. The summed E-state index contributed by atoms with van der Waals surface area (Å²) in [4.78, 5) is 28.5. The Hall–Kier alpha value is -3.43. The molecule has 0 saturated heterocycles. The van der Waals surface area contributed by atoms with Crippen molar-refractivity contribution in [2.75, 3.05) is 17.4 Å². The van der Waals surface area contributed by atoms with E-state index in [1.165, 1.54) is 47.4 Å². The zero-order valence-electron chi connectivity index (χ0n) is 22.9. The second kappa shape index (κ2) is 14.3. The van der Waals surface area contributed by atoms with Crippen molar-refractivity contribution in [1.29, 1.82) is 0 Å². The Morgan fingerprint density at radius 1 is 1.00 bits per heavy atom. The predicted molar refractivity (Wildman–Crippen MR) is 156 cm³/mol. The fraction of sp³-hybridized carbons (Fsp3) is 0.333. The van der Waals surface area contributed by atoms with Crippen molar-refractivity contribution < 1.29 is 22.4 Å². The number of nitrogens with one attached hydrogen (secondary N) is 1. The van der Waals surface area contributed by atoms with Crippen molar-refractivity contribution in [3.63, 3.8) is 0 Å². The van der Waals surface area contributed by atoms with E-state index in [1.807, 2.05) is 6.92 Å². The third kappa shape index (κ3) is 7.82. The first-order valence-electron chi connectivity index (χ1n) is 13.2. The minimum Gasteiger partial charge on any atom is -0.354 e. The minimum absolute atomic E-state index is 0.00725. The number of sulfonamides is 1. The molecule has 0 unspecified atom stereocenters. The van der Waals surface area contributed by atoms with Gasteiger partial charge in [-0.3, -0.25) is 13.9 Å². The van der Waals surface area contributed by atoms with Crippen molar-refractivity contribution in [2.24, 2.45) is 0 Å². The Kier molecular flexibility index (Phi) is 11.1. The zero-order chi connectivity index (χ0) is 29.3. The largest absolute Gasteiger partial charge is 0.354 e. The standard InChI is InChI=1S/C30H35ClFN3O4S/c1-4-6-18-33-30(37)28(5-2)34(20-23-13-15-24(32)16-14-23)29(36)21-35(25-17-12-22(3)27(31)19-25)40(38,39)26-10-8-7-9-11-26/h7-17,19,28H,4-6,18,20-21H2,1-3H3,(H,33,37)/t28-/m0/s1. The first kappa shape index (κ1) is 31.1. The van der Waals surface area contributed by atoms with Crippen LogP contribution in [0.2, 0.25) is 5.02 Å². The topological polar surface area (TPSA) is 86.8 Å². The molecule has 0 saturated carbocycles. The molecule has 3 aromatic carbocycles. The van der Waals surface area contributed by atoms with Crippen LogP contribution in [0.4, 0.5) is 10.1 Å². The van der Waals surface area contributed by atoms with Crippen LogP contribution in [0.25, 0.3) is 0 Å². The quantitative estimate of drug-likeness (QED) is 0.260. The van der Waals surface area contributed by atoms with Crippen molar-refractivity contribution >= 4 is 39.1 Å². The van der Waals surface area contributed by atoms with Crippen LogP contribution in [0.15, 0.2) is 77.7 Å². The van der Waals surface area contributed by atoms with Crippen LogP contribution in [0.1, 0.15) is 44.2 Å². The predicted octanol–water partition coefficient (Wildman–Crippen LogP) is 5.71. The Morgan fingerprint density at radius 2 is 1.68 bits per heavy atom. The molecule has 0 radical (unpaired) electrons. The molecule has 2 amide bonds. The molecule has 0 aliphatic rings. The average molecular weight is 588 g/mol. The average Bonchev–Trinajstić information content (AvgIpc) is 2.94. The highest BCUT2D eigenvalue weighted by molar-refractivity contribution is 7.92. The molecular weight excluding hydrogens is 553 g/mol. The van der Waals surface area contributed by atoms with Crippen molar-refractivity contribution in [3.05, 3.63) is 94.8 Å². The van der Waals surface area contributed by atoms with Gasteiger partial charge in [0.05, 0.1) is 10.6 Å². The van der Waals surface area contributed by atoms with Gasteiger partial charge in [-0.15, -0.1) is 0 Å². The molecule has 10 heteroatoms. The molecule has 0 bridgehead atoms. The highest BCUT2D eigenvalue weighted by Gasteiger charge is 2.33. The summed E-state index contributed by atoms with van der Waals surface area (Å²) in [5.41, 5.74) is 1.57. The lowest BCUT2D eigenvalue weighted by Crippen LogP contribution is -2.52. The second-order valence-corrected chi connectivity index (χ2v) is 11.7. The second-order valence-electron chi connectivity index (χ2n) is 9.47. The minimum atomic E-state index is -4.18. The van der Waals surface area contributed by atoms with Gasteiger partial charge in [0.25, 0.3) is 10.0 Å². The Bertz CT molecular complexity index is 1400. The van der Waals surface area contributed by atoms with Gasteiger partial charge in [-0.25, -0.2) is 12.8 Å². The number of rotatable bonds is 13. The molecule has 3 aromatic rings. The Labute approximate surface area is 241 Å². The van der Waals surface area contributed by atoms with Gasteiger partial charge in [0, 0.05) is 18.1 Å². The van der Waals surface area contributed by atoms with Crippen LogP contribution >= 0.6 is 11.6 Å². The number of hydrogen-bond acceptors (Lipinski definition) is 4. The summed E-state index contributed by atoms with van der Waals surface area (Å²) in [5, 5.41) is 3.23. The SMILES string of the molecule is CCCCNC(=O)[C@H](CC)N(Cc1ccc(F)cc1)C(=O)CN(c1ccc(C)c(Cl)c1)S(=O)(=O)c1ccccc1. The van der Waals surface area contributed by atoms with Crippen LogP contribution in [-0.4, -0.2) is 44.3 Å². The monoisotopic (exact) mass is 587 g/mol. The smallest absolute Gasteiger partial charge is 0.264 e. The number of benzene rings is 3. The third-order valence-electron chi connectivity index (χ3n) is 6.54. The highest BCUT2D eigenvalue weighted by atomic mass is 35.5. The van der Waals surface area contributed by atoms with Crippen LogP contribution in [-0.2, 0) is 26.2 Å². The van der Waals surface area contributed by atoms with E-state index >= 15 is 0 Å². The number of halogens is 2. The van der Waals surface area contributed by atoms with E-state index in [0.717, 1.165) is 22.7 Å². The summed E-state index contributed by atoms with van der Waals surface area (Å²) in [6.07, 6.45) is 1.97. The maximum absolute atomic E-state index is 14.0. The number of carbonyl (C=O) groups is 2. The molecule has 3 rings (SSSR count). The summed E-state index contributed by atoms with van der Waals surface area (Å²) >= 11 is 6.35. The van der Waals surface area contributed by atoms with Crippen molar-refractivity contribution in [2.45, 2.75) is 57.5 Å². The summed E-state index contributed by atoms with van der Waals surface area (Å²) in [7, 11) is -4.18. The highest BCUT2D eigenvalue weighted by Crippen LogP contribution is 2.28. The van der Waals surface area contributed by atoms with E-state index < -0.39 is 34.3 Å². The van der Waals surface area contributed by atoms with E-state index in [4.69, 9.17) is 11.6 Å². The van der Waals surface area contributed by atoms with E-state index in [-0.39, 0.29) is 23.0 Å². The fourth-order valence-electron chi connectivity index (χ4n) is 4.20. The van der Waals surface area contributed by atoms with Crippen LogP contribution in [0.5, 0.6) is 0 Å². The van der Waals surface area contributed by atoms with E-state index in [0.29, 0.717) is 23.6 Å². The molecule has 1 N–H and O–H groups in total. The van der Waals surface area contributed by atoms with E-state index in [1.54, 1.807) is 44.2 Å². The molecule has 0 spiro atoms. The van der Waals surface area contributed by atoms with Crippen LogP contribution in [0, 0.1) is 12.7 Å². The van der Waals surface area contributed by atoms with Gasteiger partial charge in [0.2, 0.25) is 11.8 Å². The Morgan fingerprint density at radius 3 is 2.27 bits per heavy atom. The molecular formula is C30H35ClFN3O4S. The molecule has 40 heavy (non-hydrogen) atoms. The number of aryl methyl sites for hydroxylation is 1. The lowest BCUT2D eigenvalue weighted by molar-refractivity contribution is -0.140. The Balaban J connectivity index is 2.04. The van der Waals surface area contributed by atoms with Crippen LogP contribution < -0.4 is 9.62 Å². The maximum atomic E-state index is 14.0. The first-order chi connectivity index (χ1) is 19.1. The van der Waals surface area contributed by atoms with E-state index in [2.05, 4.69) is 5.32 Å². The molecule has 0 heterocycles. The summed E-state index contributed by atoms with van der Waals surface area (Å²) in [5.74, 6) is -1.34. The number of hydrogen-bond donors (Lipinski definition) is 1. The molecule has 0 aromatic heterocycles. The van der Waals surface area contributed by atoms with Gasteiger partial charge in [-0.1, -0.05) is 68.3 Å². The maximum Gasteiger partial charge on any atom is 0.264 e. The zero-order valence-corrected chi connectivity index (χ0v) is 24.5. The molecule has 0 aliphatic carbocycles. The molecule has 1 atom stereocenters. The van der Waals surface area contributed by atoms with Crippen molar-refractivity contribution in [3.8, 4) is 0 Å². The van der Waals surface area contributed by atoms with Crippen LogP contribution in [0.3, 0.4) is 0 Å². The summed E-state index contributed by atoms with van der Waals surface area (Å²) < 4.78 is 42.2. The van der Waals surface area contributed by atoms with Gasteiger partial charge in [0.1, 0.15) is 18.4 Å². The molecule has 0 fully saturated rings. The third-order valence-corrected chi connectivity index (χ3v) is 8.73. The molecule has 214 valence electrons. The number of nitrogens with zero attached hydrogens (tertiary/aromatic N) is 2. The van der Waals surface area contributed by atoms with Gasteiger partial charge < -0.3 is 10.2 Å². The lowest BCUT2D eigenvalue weighted by atomic mass is 10.1.